The highest BCUT2D eigenvalue weighted by atomic mass is 32.2. The zero-order chi connectivity index (χ0) is 27.2. The van der Waals surface area contributed by atoms with Crippen LogP contribution in [-0.2, 0) is 26.2 Å². The second kappa shape index (κ2) is 12.4. The molecule has 0 saturated heterocycles. The van der Waals surface area contributed by atoms with Gasteiger partial charge in [0.05, 0.1) is 11.9 Å². The molecular formula is C28H37N3O5S. The number of sulfonamides is 1. The number of benzene rings is 2. The predicted molar refractivity (Wildman–Crippen MR) is 145 cm³/mol. The van der Waals surface area contributed by atoms with Crippen LogP contribution < -0.4 is 9.62 Å². The van der Waals surface area contributed by atoms with Crippen LogP contribution in [0, 0.1) is 6.92 Å². The Kier molecular flexibility index (Phi) is 9.48. The normalized spacial score (nSPS) is 15.0. The molecule has 8 nitrogen and oxygen atoms in total. The molecule has 1 aliphatic rings. The third-order valence-electron chi connectivity index (χ3n) is 6.77. The summed E-state index contributed by atoms with van der Waals surface area (Å²) in [5, 5.41) is 3.08. The maximum absolute atomic E-state index is 13.7. The summed E-state index contributed by atoms with van der Waals surface area (Å²) >= 11 is 0. The van der Waals surface area contributed by atoms with Crippen molar-refractivity contribution in [3.8, 4) is 0 Å². The molecule has 0 bridgehead atoms. The van der Waals surface area contributed by atoms with Gasteiger partial charge in [0.15, 0.2) is 5.78 Å². The van der Waals surface area contributed by atoms with Gasteiger partial charge in [-0.1, -0.05) is 61.2 Å². The van der Waals surface area contributed by atoms with E-state index in [4.69, 9.17) is 0 Å². The summed E-state index contributed by atoms with van der Waals surface area (Å²) in [6.07, 6.45) is 6.13. The van der Waals surface area contributed by atoms with E-state index < -0.39 is 28.5 Å². The smallest absolute Gasteiger partial charge is 0.244 e. The molecule has 37 heavy (non-hydrogen) atoms. The van der Waals surface area contributed by atoms with Gasteiger partial charge in [0, 0.05) is 18.2 Å². The van der Waals surface area contributed by atoms with Crippen molar-refractivity contribution in [3.63, 3.8) is 0 Å². The van der Waals surface area contributed by atoms with Crippen LogP contribution in [0.15, 0.2) is 48.5 Å². The molecule has 200 valence electrons. The summed E-state index contributed by atoms with van der Waals surface area (Å²) in [6.45, 7) is 4.68. The third-order valence-corrected chi connectivity index (χ3v) is 7.91. The SMILES string of the molecule is CC(=O)c1cccc(N(CC(=O)N(Cc2cccc(C)c2)C(C)C(=O)NC2CCCCC2)S(C)(=O)=O)c1. The van der Waals surface area contributed by atoms with E-state index in [0.29, 0.717) is 5.56 Å². The third kappa shape index (κ3) is 7.89. The lowest BCUT2D eigenvalue weighted by Gasteiger charge is -2.33. The van der Waals surface area contributed by atoms with E-state index in [1.807, 2.05) is 31.2 Å². The minimum Gasteiger partial charge on any atom is -0.352 e. The topological polar surface area (TPSA) is 104 Å². The zero-order valence-electron chi connectivity index (χ0n) is 22.1. The van der Waals surface area contributed by atoms with Crippen molar-refractivity contribution in [2.24, 2.45) is 0 Å². The molecule has 2 amide bonds. The summed E-state index contributed by atoms with van der Waals surface area (Å²) in [4.78, 5) is 40.2. The Morgan fingerprint density at radius 2 is 1.70 bits per heavy atom. The number of aryl methyl sites for hydroxylation is 1. The second-order valence-corrected chi connectivity index (χ2v) is 11.8. The number of anilines is 1. The summed E-state index contributed by atoms with van der Waals surface area (Å²) in [6, 6.07) is 13.1. The number of amides is 2. The second-order valence-electron chi connectivity index (χ2n) is 9.91. The molecule has 0 radical (unpaired) electrons. The number of carbonyl (C=O) groups excluding carboxylic acids is 3. The lowest BCUT2D eigenvalue weighted by molar-refractivity contribution is -0.139. The minimum atomic E-state index is -3.86. The fourth-order valence-corrected chi connectivity index (χ4v) is 5.49. The lowest BCUT2D eigenvalue weighted by atomic mass is 9.95. The highest BCUT2D eigenvalue weighted by molar-refractivity contribution is 7.92. The molecule has 2 aromatic rings. The number of hydrogen-bond donors (Lipinski definition) is 1. The van der Waals surface area contributed by atoms with Crippen molar-refractivity contribution >= 4 is 33.3 Å². The van der Waals surface area contributed by atoms with Crippen LogP contribution in [0.5, 0.6) is 0 Å². The van der Waals surface area contributed by atoms with Crippen LogP contribution in [0.3, 0.4) is 0 Å². The summed E-state index contributed by atoms with van der Waals surface area (Å²) in [5.74, 6) is -0.973. The van der Waals surface area contributed by atoms with E-state index in [1.165, 1.54) is 17.9 Å². The zero-order valence-corrected chi connectivity index (χ0v) is 22.9. The van der Waals surface area contributed by atoms with E-state index in [1.54, 1.807) is 25.1 Å². The molecule has 0 spiro atoms. The van der Waals surface area contributed by atoms with E-state index >= 15 is 0 Å². The average molecular weight is 528 g/mol. The number of Topliss-reactive ketones (excluding diaryl/α,β-unsaturated/α-hetero) is 1. The first-order chi connectivity index (χ1) is 17.5. The Bertz CT molecular complexity index is 1240. The van der Waals surface area contributed by atoms with Gasteiger partial charge in [0.25, 0.3) is 0 Å². The highest BCUT2D eigenvalue weighted by Gasteiger charge is 2.31. The number of nitrogens with zero attached hydrogens (tertiary/aromatic N) is 2. The van der Waals surface area contributed by atoms with Crippen LogP contribution in [0.4, 0.5) is 5.69 Å². The molecule has 9 heteroatoms. The van der Waals surface area contributed by atoms with Gasteiger partial charge >= 0.3 is 0 Å². The Balaban J connectivity index is 1.90. The Labute approximate surface area is 220 Å². The molecule has 1 fully saturated rings. The molecule has 1 N–H and O–H groups in total. The Morgan fingerprint density at radius 1 is 1.03 bits per heavy atom. The van der Waals surface area contributed by atoms with E-state index in [9.17, 15) is 22.8 Å². The van der Waals surface area contributed by atoms with Crippen LogP contribution in [0.25, 0.3) is 0 Å². The minimum absolute atomic E-state index is 0.0847. The first-order valence-electron chi connectivity index (χ1n) is 12.7. The highest BCUT2D eigenvalue weighted by Crippen LogP contribution is 2.22. The quantitative estimate of drug-likeness (QED) is 0.473. The molecule has 0 aromatic heterocycles. The van der Waals surface area contributed by atoms with Gasteiger partial charge in [-0.25, -0.2) is 8.42 Å². The first-order valence-corrected chi connectivity index (χ1v) is 14.5. The van der Waals surface area contributed by atoms with Gasteiger partial charge < -0.3 is 10.2 Å². The van der Waals surface area contributed by atoms with Crippen molar-refractivity contribution in [1.82, 2.24) is 10.2 Å². The van der Waals surface area contributed by atoms with Gasteiger partial charge in [-0.3, -0.25) is 18.7 Å². The first kappa shape index (κ1) is 28.4. The van der Waals surface area contributed by atoms with Gasteiger partial charge in [0.1, 0.15) is 12.6 Å². The standard InChI is InChI=1S/C28H37N3O5S/c1-20-10-8-11-23(16-20)18-30(21(2)28(34)29-25-13-6-5-7-14-25)27(33)19-31(37(4,35)36)26-15-9-12-24(17-26)22(3)32/h8-12,15-17,21,25H,5-7,13-14,18-19H2,1-4H3,(H,29,34). The number of hydrogen-bond acceptors (Lipinski definition) is 5. The van der Waals surface area contributed by atoms with Gasteiger partial charge in [-0.15, -0.1) is 0 Å². The van der Waals surface area contributed by atoms with Gasteiger partial charge in [-0.2, -0.15) is 0 Å². The molecule has 0 heterocycles. The van der Waals surface area contributed by atoms with Crippen molar-refractivity contribution in [2.45, 2.75) is 71.5 Å². The summed E-state index contributed by atoms with van der Waals surface area (Å²) in [5.41, 5.74) is 2.42. The summed E-state index contributed by atoms with van der Waals surface area (Å²) in [7, 11) is -3.86. The van der Waals surface area contributed by atoms with Crippen LogP contribution >= 0.6 is 0 Å². The van der Waals surface area contributed by atoms with Crippen LogP contribution in [-0.4, -0.2) is 55.8 Å². The number of nitrogens with one attached hydrogen (secondary N) is 1. The van der Waals surface area contributed by atoms with Crippen molar-refractivity contribution in [2.75, 3.05) is 17.1 Å². The molecular weight excluding hydrogens is 490 g/mol. The molecule has 3 rings (SSSR count). The maximum Gasteiger partial charge on any atom is 0.244 e. The van der Waals surface area contributed by atoms with E-state index in [-0.39, 0.29) is 30.0 Å². The molecule has 0 aliphatic heterocycles. The van der Waals surface area contributed by atoms with Crippen molar-refractivity contribution < 1.29 is 22.8 Å². The van der Waals surface area contributed by atoms with Crippen molar-refractivity contribution in [3.05, 3.63) is 65.2 Å². The largest absolute Gasteiger partial charge is 0.352 e. The predicted octanol–water partition coefficient (Wildman–Crippen LogP) is 3.83. The van der Waals surface area contributed by atoms with E-state index in [0.717, 1.165) is 53.8 Å². The summed E-state index contributed by atoms with van der Waals surface area (Å²) < 4.78 is 26.4. The fraction of sp³-hybridized carbons (Fsp3) is 0.464. The van der Waals surface area contributed by atoms with E-state index in [2.05, 4.69) is 5.32 Å². The molecule has 1 unspecified atom stereocenters. The van der Waals surface area contributed by atoms with Gasteiger partial charge in [-0.05, 0) is 51.3 Å². The van der Waals surface area contributed by atoms with Crippen LogP contribution in [0.2, 0.25) is 0 Å². The van der Waals surface area contributed by atoms with Gasteiger partial charge in [0.2, 0.25) is 21.8 Å². The Morgan fingerprint density at radius 3 is 2.32 bits per heavy atom. The average Bonchev–Trinajstić information content (AvgIpc) is 2.85. The van der Waals surface area contributed by atoms with Crippen LogP contribution in [0.1, 0.15) is 67.4 Å². The Hall–Kier alpha value is -3.20. The number of rotatable bonds is 10. The number of carbonyl (C=O) groups is 3. The fourth-order valence-electron chi connectivity index (χ4n) is 4.65. The molecule has 1 aliphatic carbocycles. The van der Waals surface area contributed by atoms with Crippen molar-refractivity contribution in [1.29, 1.82) is 0 Å². The monoisotopic (exact) mass is 527 g/mol. The molecule has 1 atom stereocenters. The number of ketones is 1. The lowest BCUT2D eigenvalue weighted by Crippen LogP contribution is -2.53. The molecule has 1 saturated carbocycles. The maximum atomic E-state index is 13.7. The molecule has 2 aromatic carbocycles.